The van der Waals surface area contributed by atoms with Crippen molar-refractivity contribution in [2.24, 2.45) is 11.7 Å². The summed E-state index contributed by atoms with van der Waals surface area (Å²) in [6, 6.07) is 7.50. The van der Waals surface area contributed by atoms with Crippen LogP contribution in [0.15, 0.2) is 24.3 Å². The van der Waals surface area contributed by atoms with Crippen molar-refractivity contribution in [2.75, 3.05) is 30.3 Å². The Morgan fingerprint density at radius 3 is 2.91 bits per heavy atom. The number of pyridine rings is 2. The molecule has 1 amide bonds. The van der Waals surface area contributed by atoms with Crippen molar-refractivity contribution < 1.29 is 18.3 Å². The van der Waals surface area contributed by atoms with Gasteiger partial charge in [-0.1, -0.05) is 6.07 Å². The van der Waals surface area contributed by atoms with E-state index in [1.54, 1.807) is 0 Å². The van der Waals surface area contributed by atoms with Crippen LogP contribution >= 0.6 is 11.3 Å². The van der Waals surface area contributed by atoms with E-state index in [1.165, 1.54) is 11.3 Å². The summed E-state index contributed by atoms with van der Waals surface area (Å²) in [5.41, 5.74) is 15.8. The Labute approximate surface area is 205 Å². The summed E-state index contributed by atoms with van der Waals surface area (Å²) >= 11 is 1.31. The quantitative estimate of drug-likeness (QED) is 0.474. The van der Waals surface area contributed by atoms with E-state index < -0.39 is 6.61 Å². The second kappa shape index (κ2) is 9.63. The zero-order valence-electron chi connectivity index (χ0n) is 19.3. The molecule has 5 N–H and O–H groups in total. The highest BCUT2D eigenvalue weighted by molar-refractivity contribution is 7.21. The highest BCUT2D eigenvalue weighted by Gasteiger charge is 2.32. The fraction of sp³-hybridized carbons (Fsp3) is 0.458. The molecule has 35 heavy (non-hydrogen) atoms. The number of hydrogen-bond donors (Lipinski definition) is 3. The van der Waals surface area contributed by atoms with Gasteiger partial charge in [0, 0.05) is 47.9 Å². The summed E-state index contributed by atoms with van der Waals surface area (Å²) in [7, 11) is 0. The van der Waals surface area contributed by atoms with Crippen LogP contribution in [0.5, 0.6) is 0 Å². The van der Waals surface area contributed by atoms with Crippen LogP contribution in [0.25, 0.3) is 10.2 Å². The van der Waals surface area contributed by atoms with Crippen molar-refractivity contribution in [3.63, 3.8) is 0 Å². The Bertz CT molecular complexity index is 1250. The zero-order chi connectivity index (χ0) is 24.7. The molecular formula is C24H28F2N6O2S. The molecule has 1 saturated heterocycles. The summed E-state index contributed by atoms with van der Waals surface area (Å²) < 4.78 is 29.3. The summed E-state index contributed by atoms with van der Waals surface area (Å²) in [5, 5.41) is 3.94. The smallest absolute Gasteiger partial charge is 0.345 e. The third kappa shape index (κ3) is 4.93. The minimum absolute atomic E-state index is 0.0157. The van der Waals surface area contributed by atoms with Gasteiger partial charge in [-0.25, -0.2) is 9.97 Å². The summed E-state index contributed by atoms with van der Waals surface area (Å²) in [6.45, 7) is 0.131. The summed E-state index contributed by atoms with van der Waals surface area (Å²) in [4.78, 5) is 25.6. The van der Waals surface area contributed by atoms with Crippen molar-refractivity contribution in [1.82, 2.24) is 15.3 Å². The number of amides is 1. The predicted octanol–water partition coefficient (Wildman–Crippen LogP) is 2.87. The number of nitrogens with two attached hydrogens (primary N) is 2. The van der Waals surface area contributed by atoms with Crippen molar-refractivity contribution in [3.05, 3.63) is 46.1 Å². The van der Waals surface area contributed by atoms with Crippen LogP contribution < -0.4 is 21.7 Å². The van der Waals surface area contributed by atoms with E-state index in [2.05, 4.69) is 15.0 Å². The number of nitrogens with one attached hydrogen (secondary N) is 1. The number of carbonyl (C=O) groups excluding carboxylic acids is 1. The van der Waals surface area contributed by atoms with Gasteiger partial charge >= 0.3 is 6.61 Å². The number of nitrogens with zero attached hydrogens (tertiary/aromatic N) is 3. The van der Waals surface area contributed by atoms with Gasteiger partial charge in [0.05, 0.1) is 12.3 Å². The van der Waals surface area contributed by atoms with E-state index in [4.69, 9.17) is 16.5 Å². The third-order valence-corrected chi connectivity index (χ3v) is 7.89. The number of fused-ring (bicyclic) bond motifs is 2. The fourth-order valence-corrected chi connectivity index (χ4v) is 5.91. The van der Waals surface area contributed by atoms with Crippen molar-refractivity contribution in [1.29, 1.82) is 0 Å². The van der Waals surface area contributed by atoms with Crippen LogP contribution in [0.3, 0.4) is 0 Å². The maximum atomic E-state index is 13.0. The van der Waals surface area contributed by atoms with E-state index in [0.717, 1.165) is 45.8 Å². The molecule has 4 heterocycles. The molecule has 1 aliphatic heterocycles. The number of hydrogen-bond acceptors (Lipinski definition) is 8. The minimum Gasteiger partial charge on any atom is -0.397 e. The van der Waals surface area contributed by atoms with Gasteiger partial charge in [0.25, 0.3) is 5.91 Å². The van der Waals surface area contributed by atoms with Crippen molar-refractivity contribution in [2.45, 2.75) is 44.9 Å². The molecule has 186 valence electrons. The van der Waals surface area contributed by atoms with Gasteiger partial charge in [0.1, 0.15) is 15.5 Å². The van der Waals surface area contributed by atoms with Crippen LogP contribution in [0.2, 0.25) is 0 Å². The molecule has 0 radical (unpaired) electrons. The normalized spacial score (nSPS) is 22.1. The van der Waals surface area contributed by atoms with Gasteiger partial charge in [0.15, 0.2) is 0 Å². The molecule has 0 bridgehead atoms. The number of aryl methyl sites for hydroxylation is 2. The van der Waals surface area contributed by atoms with Gasteiger partial charge in [-0.3, -0.25) is 4.79 Å². The molecule has 5 rings (SSSR count). The molecule has 1 aliphatic carbocycles. The first-order chi connectivity index (χ1) is 16.8. The molecular weight excluding hydrogens is 474 g/mol. The van der Waals surface area contributed by atoms with Gasteiger partial charge in [-0.2, -0.15) is 8.78 Å². The number of rotatable bonds is 6. The Morgan fingerprint density at radius 2 is 2.11 bits per heavy atom. The summed E-state index contributed by atoms with van der Waals surface area (Å²) in [5.74, 6) is 0.452. The molecule has 3 aromatic heterocycles. The Morgan fingerprint density at radius 1 is 1.29 bits per heavy atom. The topological polar surface area (TPSA) is 119 Å². The average molecular weight is 503 g/mol. The van der Waals surface area contributed by atoms with Gasteiger partial charge in [0.2, 0.25) is 0 Å². The average Bonchev–Trinajstić information content (AvgIpc) is 3.36. The number of aromatic nitrogens is 2. The molecule has 0 spiro atoms. The standard InChI is InChI=1S/C24H28F2N6O2S/c1-12-2-5-16-20(28)21(35-23(16)29-12)22(33)30-15-4-6-18-13(8-15)3-7-19(31-18)32-9-14(17(27)10-32)11-34-24(25)26/h2-3,5,7,14-15,17,24H,4,6,8-11,27-28H2,1H3,(H,30,33)/t14-,15-,17-/m0/s1. The predicted molar refractivity (Wildman–Crippen MR) is 132 cm³/mol. The number of halogens is 2. The zero-order valence-corrected chi connectivity index (χ0v) is 20.2. The Hall–Kier alpha value is -2.89. The molecule has 3 aromatic rings. The first-order valence-electron chi connectivity index (χ1n) is 11.6. The first kappa shape index (κ1) is 23.8. The number of thiophene rings is 1. The second-order valence-electron chi connectivity index (χ2n) is 9.26. The van der Waals surface area contributed by atoms with E-state index >= 15 is 0 Å². The largest absolute Gasteiger partial charge is 0.397 e. The van der Waals surface area contributed by atoms with Gasteiger partial charge < -0.3 is 26.4 Å². The molecule has 0 saturated carbocycles. The van der Waals surface area contributed by atoms with Crippen LogP contribution in [0.4, 0.5) is 20.3 Å². The lowest BCUT2D eigenvalue weighted by Crippen LogP contribution is -2.39. The van der Waals surface area contributed by atoms with Gasteiger partial charge in [-0.05, 0) is 49.9 Å². The van der Waals surface area contributed by atoms with E-state index in [1.807, 2.05) is 36.1 Å². The van der Waals surface area contributed by atoms with Crippen LogP contribution in [-0.4, -0.2) is 54.3 Å². The molecule has 3 atom stereocenters. The van der Waals surface area contributed by atoms with Crippen molar-refractivity contribution >= 4 is 39.0 Å². The van der Waals surface area contributed by atoms with E-state index in [0.29, 0.717) is 30.1 Å². The fourth-order valence-electron chi connectivity index (χ4n) is 4.86. The molecule has 0 unspecified atom stereocenters. The number of ether oxygens (including phenoxy) is 1. The Kier molecular flexibility index (Phi) is 6.56. The lowest BCUT2D eigenvalue weighted by molar-refractivity contribution is -0.137. The maximum Gasteiger partial charge on any atom is 0.345 e. The minimum atomic E-state index is -2.79. The number of carbonyl (C=O) groups is 1. The SMILES string of the molecule is Cc1ccc2c(N)c(C(=O)N[C@H]3CCc4nc(N5C[C@@H](COC(F)F)[C@@H](N)C5)ccc4C3)sc2n1. The van der Waals surface area contributed by atoms with Crippen LogP contribution in [0.1, 0.15) is 33.0 Å². The lowest BCUT2D eigenvalue weighted by atomic mass is 9.91. The highest BCUT2D eigenvalue weighted by atomic mass is 32.1. The van der Waals surface area contributed by atoms with E-state index in [9.17, 15) is 13.6 Å². The number of alkyl halides is 2. The van der Waals surface area contributed by atoms with Crippen molar-refractivity contribution in [3.8, 4) is 0 Å². The lowest BCUT2D eigenvalue weighted by Gasteiger charge is -2.26. The molecule has 11 heteroatoms. The molecule has 2 aliphatic rings. The van der Waals surface area contributed by atoms with Gasteiger partial charge in [-0.15, -0.1) is 11.3 Å². The molecule has 1 fully saturated rings. The summed E-state index contributed by atoms with van der Waals surface area (Å²) in [6.07, 6.45) is 2.18. The second-order valence-corrected chi connectivity index (χ2v) is 10.3. The maximum absolute atomic E-state index is 13.0. The molecule has 0 aromatic carbocycles. The highest BCUT2D eigenvalue weighted by Crippen LogP contribution is 2.33. The number of nitrogen functional groups attached to an aromatic ring is 1. The third-order valence-electron chi connectivity index (χ3n) is 6.78. The Balaban J connectivity index is 1.23. The van der Waals surface area contributed by atoms with Crippen LogP contribution in [0, 0.1) is 12.8 Å². The first-order valence-corrected chi connectivity index (χ1v) is 12.5. The number of anilines is 2. The van der Waals surface area contributed by atoms with E-state index in [-0.39, 0.29) is 30.5 Å². The molecule has 8 nitrogen and oxygen atoms in total. The monoisotopic (exact) mass is 502 g/mol. The van der Waals surface area contributed by atoms with Crippen LogP contribution in [-0.2, 0) is 17.6 Å².